The van der Waals surface area contributed by atoms with Gasteiger partial charge >= 0.3 is 0 Å². The van der Waals surface area contributed by atoms with Crippen molar-refractivity contribution >= 4 is 30.6 Å². The summed E-state index contributed by atoms with van der Waals surface area (Å²) in [5.74, 6) is 0. The Bertz CT molecular complexity index is 172. The first-order chi connectivity index (χ1) is 3.79. The fraction of sp³-hybridized carbons (Fsp3) is 0. The number of nitrogens with zero attached hydrogens (tertiary/aromatic N) is 1. The number of aromatic nitrogens is 1. The van der Waals surface area contributed by atoms with Crippen molar-refractivity contribution in [2.45, 2.75) is 0 Å². The zero-order valence-electron chi connectivity index (χ0n) is 4.13. The Morgan fingerprint density at radius 2 is 2.38 bits per heavy atom. The molecular formula is C5H5BrNP. The second kappa shape index (κ2) is 2.56. The van der Waals surface area contributed by atoms with E-state index in [2.05, 4.69) is 30.2 Å². The summed E-state index contributed by atoms with van der Waals surface area (Å²) in [5, 5.41) is 0. The van der Waals surface area contributed by atoms with Gasteiger partial charge < -0.3 is 0 Å². The summed E-state index contributed by atoms with van der Waals surface area (Å²) in [6.45, 7) is 0. The first-order valence-electron chi connectivity index (χ1n) is 2.16. The molecule has 0 aliphatic rings. The normalized spacial score (nSPS) is 9.25. The summed E-state index contributed by atoms with van der Waals surface area (Å²) in [5.41, 5.74) is 0.958. The van der Waals surface area contributed by atoms with Crippen molar-refractivity contribution < 1.29 is 0 Å². The number of hydrogen-bond donors (Lipinski definition) is 0. The van der Waals surface area contributed by atoms with E-state index in [1.165, 1.54) is 0 Å². The molecule has 0 aliphatic heterocycles. The van der Waals surface area contributed by atoms with Crippen molar-refractivity contribution in [3.63, 3.8) is 0 Å². The molecule has 0 spiro atoms. The van der Waals surface area contributed by atoms with Gasteiger partial charge in [0.1, 0.15) is 0 Å². The van der Waals surface area contributed by atoms with Crippen LogP contribution in [0.25, 0.3) is 0 Å². The molecule has 0 amide bonds. The monoisotopic (exact) mass is 189 g/mol. The molecular weight excluding hydrogens is 185 g/mol. The molecule has 0 fully saturated rings. The molecule has 0 saturated carbocycles. The van der Waals surface area contributed by atoms with Crippen LogP contribution in [-0.4, -0.2) is 4.98 Å². The predicted octanol–water partition coefficient (Wildman–Crippen LogP) is 1.34. The Labute approximate surface area is 58.8 Å². The third-order valence-electron chi connectivity index (χ3n) is 0.743. The van der Waals surface area contributed by atoms with Crippen LogP contribution in [-0.2, 0) is 0 Å². The zero-order chi connectivity index (χ0) is 5.98. The van der Waals surface area contributed by atoms with Crippen LogP contribution in [0.15, 0.2) is 22.8 Å². The predicted molar refractivity (Wildman–Crippen MR) is 41.3 cm³/mol. The largest absolute Gasteiger partial charge is 0.257 e. The molecule has 0 radical (unpaired) electrons. The Balaban J connectivity index is 3.08. The minimum absolute atomic E-state index is 0.958. The van der Waals surface area contributed by atoms with E-state index in [1.807, 2.05) is 12.1 Å². The van der Waals surface area contributed by atoms with E-state index < -0.39 is 0 Å². The van der Waals surface area contributed by atoms with Crippen LogP contribution >= 0.6 is 25.2 Å². The molecule has 1 rings (SSSR count). The van der Waals surface area contributed by atoms with Crippen molar-refractivity contribution in [1.82, 2.24) is 4.98 Å². The van der Waals surface area contributed by atoms with Crippen LogP contribution in [0.2, 0.25) is 0 Å². The molecule has 1 nitrogen and oxygen atoms in total. The number of pyridine rings is 1. The zero-order valence-corrected chi connectivity index (χ0v) is 6.88. The molecule has 0 N–H and O–H groups in total. The van der Waals surface area contributed by atoms with Crippen LogP contribution < -0.4 is 5.44 Å². The van der Waals surface area contributed by atoms with E-state index in [0.717, 1.165) is 9.91 Å². The lowest BCUT2D eigenvalue weighted by molar-refractivity contribution is 1.38. The highest BCUT2D eigenvalue weighted by molar-refractivity contribution is 9.10. The summed E-state index contributed by atoms with van der Waals surface area (Å²) in [7, 11) is 2.52. The maximum atomic E-state index is 3.97. The minimum atomic E-state index is 0.958. The second-order valence-corrected chi connectivity index (χ2v) is 2.91. The third kappa shape index (κ3) is 1.53. The van der Waals surface area contributed by atoms with Crippen molar-refractivity contribution in [2.75, 3.05) is 0 Å². The first-order valence-corrected chi connectivity index (χ1v) is 3.53. The van der Waals surface area contributed by atoms with Gasteiger partial charge in [-0.1, -0.05) is 25.2 Å². The smallest absolute Gasteiger partial charge is 0.0580 e. The molecule has 1 aromatic rings. The standard InChI is InChI=1S/C5H5BrNP/c6-4-1-2-7-5(8)3-4/h1-3H,8H2. The molecule has 8 heavy (non-hydrogen) atoms. The van der Waals surface area contributed by atoms with E-state index in [9.17, 15) is 0 Å². The van der Waals surface area contributed by atoms with Gasteiger partial charge in [0.2, 0.25) is 0 Å². The van der Waals surface area contributed by atoms with Gasteiger partial charge in [-0.2, -0.15) is 0 Å². The third-order valence-corrected chi connectivity index (χ3v) is 1.55. The SMILES string of the molecule is Pc1cc(Br)ccn1. The summed E-state index contributed by atoms with van der Waals surface area (Å²) in [4.78, 5) is 3.97. The molecule has 1 aromatic heterocycles. The lowest BCUT2D eigenvalue weighted by Gasteiger charge is -1.88. The van der Waals surface area contributed by atoms with Gasteiger partial charge in [0.15, 0.2) is 0 Å². The summed E-state index contributed by atoms with van der Waals surface area (Å²) in [6.07, 6.45) is 1.76. The summed E-state index contributed by atoms with van der Waals surface area (Å²) >= 11 is 3.31. The first kappa shape index (κ1) is 6.18. The quantitative estimate of drug-likeness (QED) is 0.562. The summed E-state index contributed by atoms with van der Waals surface area (Å²) in [6, 6.07) is 3.83. The molecule has 1 unspecified atom stereocenters. The Morgan fingerprint density at radius 3 is 2.75 bits per heavy atom. The van der Waals surface area contributed by atoms with E-state index in [1.54, 1.807) is 6.20 Å². The van der Waals surface area contributed by atoms with Gasteiger partial charge in [-0.05, 0) is 12.1 Å². The molecule has 1 heterocycles. The van der Waals surface area contributed by atoms with E-state index >= 15 is 0 Å². The fourth-order valence-corrected chi connectivity index (χ4v) is 1.28. The average molecular weight is 190 g/mol. The minimum Gasteiger partial charge on any atom is -0.257 e. The van der Waals surface area contributed by atoms with Gasteiger partial charge in [-0.3, -0.25) is 4.98 Å². The van der Waals surface area contributed by atoms with Gasteiger partial charge in [0.05, 0.1) is 5.44 Å². The second-order valence-electron chi connectivity index (χ2n) is 1.40. The van der Waals surface area contributed by atoms with Crippen molar-refractivity contribution in [1.29, 1.82) is 0 Å². The molecule has 42 valence electrons. The Kier molecular flexibility index (Phi) is 1.98. The Morgan fingerprint density at radius 1 is 1.62 bits per heavy atom. The number of rotatable bonds is 0. The highest BCUT2D eigenvalue weighted by Gasteiger charge is 1.83. The van der Waals surface area contributed by atoms with Gasteiger partial charge in [0, 0.05) is 10.7 Å². The van der Waals surface area contributed by atoms with Crippen molar-refractivity contribution in [3.05, 3.63) is 22.8 Å². The van der Waals surface area contributed by atoms with E-state index in [4.69, 9.17) is 0 Å². The fourth-order valence-electron chi connectivity index (χ4n) is 0.421. The molecule has 1 atom stereocenters. The number of halogens is 1. The van der Waals surface area contributed by atoms with E-state index in [0.29, 0.717) is 0 Å². The van der Waals surface area contributed by atoms with Crippen LogP contribution in [0, 0.1) is 0 Å². The maximum absolute atomic E-state index is 3.97. The van der Waals surface area contributed by atoms with Gasteiger partial charge in [-0.25, -0.2) is 0 Å². The average Bonchev–Trinajstić information content (AvgIpc) is 1.64. The molecule has 0 bridgehead atoms. The van der Waals surface area contributed by atoms with Crippen LogP contribution in [0.4, 0.5) is 0 Å². The van der Waals surface area contributed by atoms with Gasteiger partial charge in [-0.15, -0.1) is 0 Å². The van der Waals surface area contributed by atoms with Crippen LogP contribution in [0.3, 0.4) is 0 Å². The lowest BCUT2D eigenvalue weighted by atomic mass is 10.5. The molecule has 0 saturated heterocycles. The Hall–Kier alpha value is 0.0600. The highest BCUT2D eigenvalue weighted by Crippen LogP contribution is 2.04. The molecule has 0 aromatic carbocycles. The summed E-state index contributed by atoms with van der Waals surface area (Å²) < 4.78 is 1.07. The number of hydrogen-bond acceptors (Lipinski definition) is 1. The van der Waals surface area contributed by atoms with Crippen molar-refractivity contribution in [2.24, 2.45) is 0 Å². The van der Waals surface area contributed by atoms with Crippen molar-refractivity contribution in [3.8, 4) is 0 Å². The van der Waals surface area contributed by atoms with Gasteiger partial charge in [0.25, 0.3) is 0 Å². The maximum Gasteiger partial charge on any atom is 0.0580 e. The van der Waals surface area contributed by atoms with E-state index in [-0.39, 0.29) is 0 Å². The highest BCUT2D eigenvalue weighted by atomic mass is 79.9. The molecule has 0 aliphatic carbocycles. The molecule has 3 heteroatoms. The lowest BCUT2D eigenvalue weighted by Crippen LogP contribution is -1.93. The van der Waals surface area contributed by atoms with Crippen LogP contribution in [0.5, 0.6) is 0 Å². The topological polar surface area (TPSA) is 12.9 Å². The van der Waals surface area contributed by atoms with Crippen LogP contribution in [0.1, 0.15) is 0 Å².